The summed E-state index contributed by atoms with van der Waals surface area (Å²) in [6.07, 6.45) is 1.47. The average Bonchev–Trinajstić information content (AvgIpc) is 2.35. The predicted octanol–water partition coefficient (Wildman–Crippen LogP) is 3.47. The van der Waals surface area contributed by atoms with Gasteiger partial charge in [0.15, 0.2) is 0 Å². The molecule has 1 amide bonds. The molecule has 1 aromatic rings. The third-order valence-corrected chi connectivity index (χ3v) is 3.58. The Morgan fingerprint density at radius 2 is 1.78 bits per heavy atom. The predicted molar refractivity (Wildman–Crippen MR) is 79.4 cm³/mol. The minimum Gasteiger partial charge on any atom is -0.329 e. The first-order chi connectivity index (χ1) is 8.07. The zero-order valence-electron chi connectivity index (χ0n) is 10.7. The van der Waals surface area contributed by atoms with Crippen molar-refractivity contribution in [1.29, 1.82) is 0 Å². The first-order valence-corrected chi connectivity index (χ1v) is 6.23. The van der Waals surface area contributed by atoms with Crippen LogP contribution in [0.2, 0.25) is 5.02 Å². The Kier molecular flexibility index (Phi) is 7.29. The molecule has 0 bridgehead atoms. The highest BCUT2D eigenvalue weighted by molar-refractivity contribution is 6.30. The summed E-state index contributed by atoms with van der Waals surface area (Å²) in [6, 6.07) is 7.07. The maximum Gasteiger partial charge on any atom is 0.231 e. The molecule has 18 heavy (non-hydrogen) atoms. The van der Waals surface area contributed by atoms with Crippen LogP contribution < -0.4 is 11.1 Å². The molecular weight excluding hydrogens is 271 g/mol. The van der Waals surface area contributed by atoms with Crippen molar-refractivity contribution in [2.24, 2.45) is 11.1 Å². The minimum absolute atomic E-state index is 0. The summed E-state index contributed by atoms with van der Waals surface area (Å²) in [5.41, 5.74) is 6.00. The van der Waals surface area contributed by atoms with Crippen LogP contribution in [0.15, 0.2) is 24.3 Å². The van der Waals surface area contributed by atoms with E-state index in [4.69, 9.17) is 17.3 Å². The second-order valence-corrected chi connectivity index (χ2v) is 4.59. The fraction of sp³-hybridized carbons (Fsp3) is 0.462. The van der Waals surface area contributed by atoms with Crippen LogP contribution in [0.4, 0.5) is 5.69 Å². The van der Waals surface area contributed by atoms with E-state index >= 15 is 0 Å². The molecule has 0 saturated heterocycles. The Hall–Kier alpha value is -0.770. The molecule has 0 aliphatic carbocycles. The maximum atomic E-state index is 12.2. The standard InChI is InChI=1S/C13H19ClN2O.ClH/c1-3-13(4-2,9-15)12(17)16-11-7-5-10(14)6-8-11;/h5-8H,3-4,9,15H2,1-2H3,(H,16,17);1H. The normalized spacial score (nSPS) is 10.7. The van der Waals surface area contributed by atoms with Crippen molar-refractivity contribution in [2.75, 3.05) is 11.9 Å². The summed E-state index contributed by atoms with van der Waals surface area (Å²) in [5, 5.41) is 3.54. The molecule has 0 atom stereocenters. The number of nitrogens with two attached hydrogens (primary N) is 1. The van der Waals surface area contributed by atoms with Crippen LogP contribution >= 0.6 is 24.0 Å². The number of halogens is 2. The molecule has 1 aromatic carbocycles. The van der Waals surface area contributed by atoms with Crippen molar-refractivity contribution in [2.45, 2.75) is 26.7 Å². The first-order valence-electron chi connectivity index (χ1n) is 5.85. The van der Waals surface area contributed by atoms with Crippen LogP contribution in [-0.4, -0.2) is 12.5 Å². The molecule has 5 heteroatoms. The Labute approximate surface area is 119 Å². The lowest BCUT2D eigenvalue weighted by molar-refractivity contribution is -0.125. The number of hydrogen-bond acceptors (Lipinski definition) is 2. The number of anilines is 1. The largest absolute Gasteiger partial charge is 0.329 e. The third-order valence-electron chi connectivity index (χ3n) is 3.33. The molecule has 0 heterocycles. The zero-order valence-corrected chi connectivity index (χ0v) is 12.3. The quantitative estimate of drug-likeness (QED) is 0.872. The number of carbonyl (C=O) groups excluding carboxylic acids is 1. The van der Waals surface area contributed by atoms with Crippen molar-refractivity contribution in [1.82, 2.24) is 0 Å². The van der Waals surface area contributed by atoms with Crippen molar-refractivity contribution < 1.29 is 4.79 Å². The van der Waals surface area contributed by atoms with Gasteiger partial charge in [-0.3, -0.25) is 4.79 Å². The van der Waals surface area contributed by atoms with Crippen LogP contribution in [0.5, 0.6) is 0 Å². The Bertz CT molecular complexity index is 367. The molecule has 0 spiro atoms. The molecule has 0 aliphatic heterocycles. The summed E-state index contributed by atoms with van der Waals surface area (Å²) in [5.74, 6) is -0.0210. The molecule has 0 saturated carbocycles. The maximum absolute atomic E-state index is 12.2. The van der Waals surface area contributed by atoms with E-state index in [1.165, 1.54) is 0 Å². The topological polar surface area (TPSA) is 55.1 Å². The van der Waals surface area contributed by atoms with Gasteiger partial charge in [-0.25, -0.2) is 0 Å². The Morgan fingerprint density at radius 3 is 2.17 bits per heavy atom. The molecule has 0 unspecified atom stereocenters. The number of benzene rings is 1. The van der Waals surface area contributed by atoms with E-state index in [9.17, 15) is 4.79 Å². The Balaban J connectivity index is 0.00000289. The average molecular weight is 291 g/mol. The van der Waals surface area contributed by atoms with E-state index in [1.807, 2.05) is 13.8 Å². The lowest BCUT2D eigenvalue weighted by Crippen LogP contribution is -2.41. The van der Waals surface area contributed by atoms with Crippen LogP contribution in [0, 0.1) is 5.41 Å². The van der Waals surface area contributed by atoms with Gasteiger partial charge in [0.05, 0.1) is 5.41 Å². The van der Waals surface area contributed by atoms with Crippen molar-refractivity contribution in [3.8, 4) is 0 Å². The SMILES string of the molecule is CCC(CC)(CN)C(=O)Nc1ccc(Cl)cc1.Cl. The number of nitrogens with one attached hydrogen (secondary N) is 1. The Morgan fingerprint density at radius 1 is 1.28 bits per heavy atom. The van der Waals surface area contributed by atoms with Crippen molar-refractivity contribution >= 4 is 35.6 Å². The molecule has 3 N–H and O–H groups in total. The fourth-order valence-electron chi connectivity index (χ4n) is 1.75. The van der Waals surface area contributed by atoms with Gasteiger partial charge in [-0.1, -0.05) is 25.4 Å². The fourth-order valence-corrected chi connectivity index (χ4v) is 1.88. The summed E-state index contributed by atoms with van der Waals surface area (Å²) in [7, 11) is 0. The number of hydrogen-bond donors (Lipinski definition) is 2. The van der Waals surface area contributed by atoms with E-state index in [1.54, 1.807) is 24.3 Å². The van der Waals surface area contributed by atoms with Crippen LogP contribution in [0.1, 0.15) is 26.7 Å². The molecule has 0 aliphatic rings. The van der Waals surface area contributed by atoms with Crippen molar-refractivity contribution in [3.63, 3.8) is 0 Å². The van der Waals surface area contributed by atoms with Gasteiger partial charge in [-0.2, -0.15) is 0 Å². The molecule has 0 radical (unpaired) electrons. The molecule has 0 aromatic heterocycles. The van der Waals surface area contributed by atoms with Crippen LogP contribution in [-0.2, 0) is 4.79 Å². The molecular formula is C13H20Cl2N2O. The summed E-state index contributed by atoms with van der Waals surface area (Å²) >= 11 is 5.79. The van der Waals surface area contributed by atoms with Gasteiger partial charge in [0.25, 0.3) is 0 Å². The highest BCUT2D eigenvalue weighted by Crippen LogP contribution is 2.27. The van der Waals surface area contributed by atoms with Gasteiger partial charge >= 0.3 is 0 Å². The van der Waals surface area contributed by atoms with Gasteiger partial charge in [-0.05, 0) is 37.1 Å². The van der Waals surface area contributed by atoms with Gasteiger partial charge < -0.3 is 11.1 Å². The highest BCUT2D eigenvalue weighted by Gasteiger charge is 2.33. The van der Waals surface area contributed by atoms with Gasteiger partial charge in [0.2, 0.25) is 5.91 Å². The van der Waals surface area contributed by atoms with E-state index < -0.39 is 5.41 Å². The molecule has 102 valence electrons. The molecule has 3 nitrogen and oxygen atoms in total. The monoisotopic (exact) mass is 290 g/mol. The summed E-state index contributed by atoms with van der Waals surface area (Å²) < 4.78 is 0. The van der Waals surface area contributed by atoms with Gasteiger partial charge in [-0.15, -0.1) is 12.4 Å². The van der Waals surface area contributed by atoms with E-state index in [0.29, 0.717) is 11.6 Å². The van der Waals surface area contributed by atoms with Gasteiger partial charge in [0.1, 0.15) is 0 Å². The molecule has 0 fully saturated rings. The second-order valence-electron chi connectivity index (χ2n) is 4.15. The van der Waals surface area contributed by atoms with Crippen LogP contribution in [0.3, 0.4) is 0 Å². The van der Waals surface area contributed by atoms with E-state index in [2.05, 4.69) is 5.32 Å². The first kappa shape index (κ1) is 17.2. The second kappa shape index (κ2) is 7.62. The number of rotatable bonds is 5. The third kappa shape index (κ3) is 3.87. The molecule has 1 rings (SSSR count). The minimum atomic E-state index is -0.473. The van der Waals surface area contributed by atoms with Crippen molar-refractivity contribution in [3.05, 3.63) is 29.3 Å². The smallest absolute Gasteiger partial charge is 0.231 e. The summed E-state index contributed by atoms with van der Waals surface area (Å²) in [4.78, 5) is 12.2. The van der Waals surface area contributed by atoms with E-state index in [0.717, 1.165) is 18.5 Å². The van der Waals surface area contributed by atoms with Crippen LogP contribution in [0.25, 0.3) is 0 Å². The van der Waals surface area contributed by atoms with Gasteiger partial charge in [0, 0.05) is 17.3 Å². The summed E-state index contributed by atoms with van der Waals surface area (Å²) in [6.45, 7) is 4.33. The zero-order chi connectivity index (χ0) is 12.9. The van der Waals surface area contributed by atoms with E-state index in [-0.39, 0.29) is 18.3 Å². The number of amides is 1. The highest BCUT2D eigenvalue weighted by atomic mass is 35.5. The lowest BCUT2D eigenvalue weighted by atomic mass is 9.81. The lowest BCUT2D eigenvalue weighted by Gasteiger charge is -2.28. The number of carbonyl (C=O) groups is 1.